The predicted molar refractivity (Wildman–Crippen MR) is 59.6 cm³/mol. The molecule has 0 aromatic rings. The highest BCUT2D eigenvalue weighted by molar-refractivity contribution is 6.01. The third-order valence-electron chi connectivity index (χ3n) is 1.49. The number of aliphatic imine (C=N–C) groups is 1. The smallest absolute Gasteiger partial charge is 0.134 e. The molecule has 0 bridgehead atoms. The largest absolute Gasteiger partial charge is 0.383 e. The summed E-state index contributed by atoms with van der Waals surface area (Å²) in [6.07, 6.45) is 3.88. The van der Waals surface area contributed by atoms with E-state index in [-0.39, 0.29) is 5.84 Å². The predicted octanol–water partition coefficient (Wildman–Crippen LogP) is 2.86. The van der Waals surface area contributed by atoms with Crippen molar-refractivity contribution < 1.29 is 4.39 Å². The molecule has 0 unspecified atom stereocenters. The van der Waals surface area contributed by atoms with Gasteiger partial charge in [-0.05, 0) is 19.9 Å². The molecule has 0 aliphatic heterocycles. The van der Waals surface area contributed by atoms with Crippen LogP contribution in [-0.2, 0) is 0 Å². The molecule has 0 heterocycles. The van der Waals surface area contributed by atoms with Crippen LogP contribution in [-0.4, -0.2) is 5.84 Å². The molecule has 76 valence electrons. The van der Waals surface area contributed by atoms with Crippen molar-refractivity contribution in [3.05, 3.63) is 48.5 Å². The van der Waals surface area contributed by atoms with Gasteiger partial charge in [0, 0.05) is 6.20 Å². The van der Waals surface area contributed by atoms with Crippen LogP contribution in [0.3, 0.4) is 0 Å². The van der Waals surface area contributed by atoms with E-state index in [1.54, 1.807) is 13.8 Å². The molecule has 2 N–H and O–H groups in total. The van der Waals surface area contributed by atoms with Crippen LogP contribution in [0.2, 0.25) is 0 Å². The lowest BCUT2D eigenvalue weighted by Crippen LogP contribution is -2.16. The van der Waals surface area contributed by atoms with Gasteiger partial charge in [-0.15, -0.1) is 0 Å². The molecule has 0 fully saturated rings. The summed E-state index contributed by atoms with van der Waals surface area (Å²) in [6, 6.07) is 0. The SMILES string of the molecule is C=C/C=C(/F)C(C(N)=NC=C)=C(C)C. The third-order valence-corrected chi connectivity index (χ3v) is 1.49. The topological polar surface area (TPSA) is 38.4 Å². The number of allylic oxidation sites excluding steroid dienone is 3. The summed E-state index contributed by atoms with van der Waals surface area (Å²) in [4.78, 5) is 3.73. The Morgan fingerprint density at radius 3 is 2.29 bits per heavy atom. The molecule has 0 aliphatic rings. The molecule has 0 saturated carbocycles. The average Bonchev–Trinajstić information content (AvgIpc) is 2.04. The third kappa shape index (κ3) is 3.39. The van der Waals surface area contributed by atoms with Crippen molar-refractivity contribution in [3.8, 4) is 0 Å². The molecular weight excluding hydrogens is 179 g/mol. The Kier molecular flexibility index (Phi) is 5.22. The van der Waals surface area contributed by atoms with Gasteiger partial charge in [-0.1, -0.05) is 24.8 Å². The van der Waals surface area contributed by atoms with Crippen LogP contribution in [0.1, 0.15) is 13.8 Å². The summed E-state index contributed by atoms with van der Waals surface area (Å²) in [5, 5.41) is 0. The molecule has 0 atom stereocenters. The van der Waals surface area contributed by atoms with Crippen molar-refractivity contribution >= 4 is 5.84 Å². The zero-order valence-corrected chi connectivity index (χ0v) is 8.55. The van der Waals surface area contributed by atoms with E-state index in [1.807, 2.05) is 0 Å². The highest BCUT2D eigenvalue weighted by Crippen LogP contribution is 2.16. The van der Waals surface area contributed by atoms with E-state index in [2.05, 4.69) is 18.2 Å². The number of amidine groups is 1. The Morgan fingerprint density at radius 2 is 1.93 bits per heavy atom. The zero-order chi connectivity index (χ0) is 11.1. The van der Waals surface area contributed by atoms with Gasteiger partial charge in [-0.25, -0.2) is 9.38 Å². The Hall–Kier alpha value is -1.64. The summed E-state index contributed by atoms with van der Waals surface area (Å²) in [7, 11) is 0. The number of nitrogens with zero attached hydrogens (tertiary/aromatic N) is 1. The van der Waals surface area contributed by atoms with Gasteiger partial charge in [0.15, 0.2) is 0 Å². The molecule has 3 heteroatoms. The lowest BCUT2D eigenvalue weighted by Gasteiger charge is -2.05. The highest BCUT2D eigenvalue weighted by atomic mass is 19.1. The van der Waals surface area contributed by atoms with E-state index >= 15 is 0 Å². The minimum absolute atomic E-state index is 0.121. The first-order chi connectivity index (χ1) is 6.54. The molecule has 14 heavy (non-hydrogen) atoms. The van der Waals surface area contributed by atoms with Crippen LogP contribution >= 0.6 is 0 Å². The molecule has 0 spiro atoms. The minimum atomic E-state index is -0.442. The van der Waals surface area contributed by atoms with Crippen LogP contribution < -0.4 is 5.73 Å². The second kappa shape index (κ2) is 5.91. The van der Waals surface area contributed by atoms with Gasteiger partial charge >= 0.3 is 0 Å². The van der Waals surface area contributed by atoms with Crippen LogP contribution in [0, 0.1) is 0 Å². The maximum absolute atomic E-state index is 13.4. The van der Waals surface area contributed by atoms with E-state index in [1.165, 1.54) is 18.4 Å². The molecule has 0 rings (SSSR count). The molecule has 0 aliphatic carbocycles. The van der Waals surface area contributed by atoms with E-state index < -0.39 is 5.83 Å². The van der Waals surface area contributed by atoms with Gasteiger partial charge in [0.2, 0.25) is 0 Å². The summed E-state index contributed by atoms with van der Waals surface area (Å²) in [6.45, 7) is 10.3. The van der Waals surface area contributed by atoms with Gasteiger partial charge in [0.25, 0.3) is 0 Å². The van der Waals surface area contributed by atoms with Gasteiger partial charge in [-0.3, -0.25) is 0 Å². The normalized spacial score (nSPS) is 12.2. The quantitative estimate of drug-likeness (QED) is 0.417. The molecule has 0 aromatic heterocycles. The summed E-state index contributed by atoms with van der Waals surface area (Å²) >= 11 is 0. The van der Waals surface area contributed by atoms with Crippen molar-refractivity contribution in [1.29, 1.82) is 0 Å². The van der Waals surface area contributed by atoms with Crippen molar-refractivity contribution in [2.75, 3.05) is 0 Å². The Labute approximate surface area is 84.0 Å². The van der Waals surface area contributed by atoms with Crippen LogP contribution in [0.15, 0.2) is 53.5 Å². The van der Waals surface area contributed by atoms with Crippen molar-refractivity contribution in [2.24, 2.45) is 10.7 Å². The van der Waals surface area contributed by atoms with Crippen molar-refractivity contribution in [3.63, 3.8) is 0 Å². The highest BCUT2D eigenvalue weighted by Gasteiger charge is 2.09. The molecule has 0 radical (unpaired) electrons. The first-order valence-corrected chi connectivity index (χ1v) is 4.15. The molecular formula is C11H15FN2. The second-order valence-electron chi connectivity index (χ2n) is 2.82. The zero-order valence-electron chi connectivity index (χ0n) is 8.55. The molecule has 0 amide bonds. The van der Waals surface area contributed by atoms with Crippen LogP contribution in [0.25, 0.3) is 0 Å². The summed E-state index contributed by atoms with van der Waals surface area (Å²) in [5.74, 6) is -0.321. The first kappa shape index (κ1) is 12.4. The standard InChI is InChI=1S/C11H15FN2/c1-5-7-9(12)10(8(3)4)11(13)14-6-2/h5-7H,1-2H2,3-4H3,(H2,13,14)/b9-7+. The number of hydrogen-bond acceptors (Lipinski definition) is 1. The fourth-order valence-electron chi connectivity index (χ4n) is 0.967. The molecule has 2 nitrogen and oxygen atoms in total. The van der Waals surface area contributed by atoms with E-state index in [0.717, 1.165) is 5.57 Å². The van der Waals surface area contributed by atoms with E-state index in [0.29, 0.717) is 5.57 Å². The second-order valence-corrected chi connectivity index (χ2v) is 2.82. The Bertz CT molecular complexity index is 292. The van der Waals surface area contributed by atoms with Crippen molar-refractivity contribution in [2.45, 2.75) is 13.8 Å². The number of nitrogens with two attached hydrogens (primary N) is 1. The molecule has 0 saturated heterocycles. The number of rotatable bonds is 4. The Balaban J connectivity index is 5.30. The summed E-state index contributed by atoms with van der Waals surface area (Å²) in [5.41, 5.74) is 6.62. The van der Waals surface area contributed by atoms with Gasteiger partial charge < -0.3 is 5.73 Å². The van der Waals surface area contributed by atoms with Gasteiger partial charge in [0.1, 0.15) is 11.7 Å². The number of halogens is 1. The van der Waals surface area contributed by atoms with Crippen molar-refractivity contribution in [1.82, 2.24) is 0 Å². The van der Waals surface area contributed by atoms with E-state index in [9.17, 15) is 4.39 Å². The van der Waals surface area contributed by atoms with Crippen LogP contribution in [0.4, 0.5) is 4.39 Å². The minimum Gasteiger partial charge on any atom is -0.383 e. The maximum Gasteiger partial charge on any atom is 0.134 e. The fourth-order valence-corrected chi connectivity index (χ4v) is 0.967. The lowest BCUT2D eigenvalue weighted by molar-refractivity contribution is 0.657. The molecule has 0 aromatic carbocycles. The first-order valence-electron chi connectivity index (χ1n) is 4.15. The number of hydrogen-bond donors (Lipinski definition) is 1. The maximum atomic E-state index is 13.4. The van der Waals surface area contributed by atoms with Crippen LogP contribution in [0.5, 0.6) is 0 Å². The Morgan fingerprint density at radius 1 is 1.36 bits per heavy atom. The summed E-state index contributed by atoms with van der Waals surface area (Å²) < 4.78 is 13.4. The lowest BCUT2D eigenvalue weighted by atomic mass is 10.1. The average molecular weight is 194 g/mol. The van der Waals surface area contributed by atoms with Gasteiger partial charge in [-0.2, -0.15) is 0 Å². The fraction of sp³-hybridized carbons (Fsp3) is 0.182. The monoisotopic (exact) mass is 194 g/mol. The van der Waals surface area contributed by atoms with Gasteiger partial charge in [0.05, 0.1) is 5.57 Å². The van der Waals surface area contributed by atoms with E-state index in [4.69, 9.17) is 5.73 Å².